The Morgan fingerprint density at radius 2 is 2.24 bits per heavy atom. The van der Waals surface area contributed by atoms with E-state index < -0.39 is 0 Å². The van der Waals surface area contributed by atoms with Crippen molar-refractivity contribution in [3.8, 4) is 0 Å². The molecule has 5 nitrogen and oxygen atoms in total. The van der Waals surface area contributed by atoms with Crippen molar-refractivity contribution in [2.75, 3.05) is 0 Å². The van der Waals surface area contributed by atoms with Crippen molar-refractivity contribution in [2.24, 2.45) is 5.84 Å². The van der Waals surface area contributed by atoms with Crippen LogP contribution in [-0.4, -0.2) is 14.8 Å². The van der Waals surface area contributed by atoms with Gasteiger partial charge in [-0.2, -0.15) is 5.10 Å². The molecule has 2 aromatic heterocycles. The summed E-state index contributed by atoms with van der Waals surface area (Å²) in [6, 6.07) is 7.74. The van der Waals surface area contributed by atoms with Gasteiger partial charge in [0.25, 0.3) is 0 Å². The Kier molecular flexibility index (Phi) is 3.51. The molecule has 0 radical (unpaired) electrons. The topological polar surface area (TPSA) is 68.8 Å². The molecule has 0 aromatic carbocycles. The third-order valence-corrected chi connectivity index (χ3v) is 2.72. The van der Waals surface area contributed by atoms with Crippen molar-refractivity contribution in [2.45, 2.75) is 26.4 Å². The third kappa shape index (κ3) is 2.35. The van der Waals surface area contributed by atoms with Crippen molar-refractivity contribution in [1.82, 2.24) is 20.2 Å². The van der Waals surface area contributed by atoms with Gasteiger partial charge in [0.15, 0.2) is 0 Å². The predicted octanol–water partition coefficient (Wildman–Crippen LogP) is 1.16. The number of nitrogens with two attached hydrogens (primary N) is 1. The first kappa shape index (κ1) is 11.8. The van der Waals surface area contributed by atoms with Gasteiger partial charge >= 0.3 is 0 Å². The van der Waals surface area contributed by atoms with Gasteiger partial charge in [-0.05, 0) is 32.0 Å². The van der Waals surface area contributed by atoms with E-state index in [9.17, 15) is 0 Å². The molecule has 0 fully saturated rings. The first-order valence-electron chi connectivity index (χ1n) is 5.67. The quantitative estimate of drug-likeness (QED) is 0.612. The standard InChI is InChI=1S/C12H17N5/c1-3-17-11(7-8-14-17)12(16-13)10-6-4-5-9(2)15-10/h4-8,12,16H,3,13H2,1-2H3. The lowest BCUT2D eigenvalue weighted by atomic mass is 10.1. The van der Waals surface area contributed by atoms with Crippen molar-refractivity contribution in [1.29, 1.82) is 0 Å². The lowest BCUT2D eigenvalue weighted by Gasteiger charge is -2.17. The highest BCUT2D eigenvalue weighted by molar-refractivity contribution is 5.22. The summed E-state index contributed by atoms with van der Waals surface area (Å²) in [5.74, 6) is 5.64. The maximum absolute atomic E-state index is 5.64. The summed E-state index contributed by atoms with van der Waals surface area (Å²) < 4.78 is 1.91. The summed E-state index contributed by atoms with van der Waals surface area (Å²) in [6.45, 7) is 4.83. The normalized spacial score (nSPS) is 12.6. The molecule has 17 heavy (non-hydrogen) atoms. The summed E-state index contributed by atoms with van der Waals surface area (Å²) in [4.78, 5) is 4.49. The fourth-order valence-electron chi connectivity index (χ4n) is 1.90. The molecular formula is C12H17N5. The molecule has 5 heteroatoms. The number of aromatic nitrogens is 3. The van der Waals surface area contributed by atoms with E-state index in [-0.39, 0.29) is 6.04 Å². The van der Waals surface area contributed by atoms with Gasteiger partial charge in [-0.25, -0.2) is 5.43 Å². The van der Waals surface area contributed by atoms with Gasteiger partial charge in [-0.15, -0.1) is 0 Å². The van der Waals surface area contributed by atoms with Crippen LogP contribution in [0.2, 0.25) is 0 Å². The number of rotatable bonds is 4. The van der Waals surface area contributed by atoms with Crippen LogP contribution >= 0.6 is 0 Å². The van der Waals surface area contributed by atoms with Crippen molar-refractivity contribution in [3.05, 3.63) is 47.5 Å². The van der Waals surface area contributed by atoms with Crippen LogP contribution in [0.25, 0.3) is 0 Å². The van der Waals surface area contributed by atoms with E-state index in [1.54, 1.807) is 6.20 Å². The summed E-state index contributed by atoms with van der Waals surface area (Å²) in [7, 11) is 0. The number of hydrazine groups is 1. The van der Waals surface area contributed by atoms with E-state index >= 15 is 0 Å². The van der Waals surface area contributed by atoms with Crippen molar-refractivity contribution >= 4 is 0 Å². The molecule has 0 amide bonds. The average Bonchev–Trinajstić information content (AvgIpc) is 2.78. The fourth-order valence-corrected chi connectivity index (χ4v) is 1.90. The highest BCUT2D eigenvalue weighted by atomic mass is 15.3. The second kappa shape index (κ2) is 5.07. The largest absolute Gasteiger partial charge is 0.270 e. The van der Waals surface area contributed by atoms with Gasteiger partial charge in [0.05, 0.1) is 11.4 Å². The molecule has 90 valence electrons. The molecule has 0 spiro atoms. The van der Waals surface area contributed by atoms with Gasteiger partial charge in [0.2, 0.25) is 0 Å². The summed E-state index contributed by atoms with van der Waals surface area (Å²) in [6.07, 6.45) is 1.78. The first-order chi connectivity index (χ1) is 8.26. The zero-order valence-electron chi connectivity index (χ0n) is 10.1. The van der Waals surface area contributed by atoms with E-state index in [1.165, 1.54) is 0 Å². The van der Waals surface area contributed by atoms with E-state index in [2.05, 4.69) is 15.5 Å². The SMILES string of the molecule is CCn1nccc1C(NN)c1cccc(C)n1. The molecule has 0 aliphatic carbocycles. The van der Waals surface area contributed by atoms with Crippen LogP contribution in [-0.2, 0) is 6.54 Å². The molecule has 3 N–H and O–H groups in total. The summed E-state index contributed by atoms with van der Waals surface area (Å²) in [5, 5.41) is 4.24. The number of pyridine rings is 1. The van der Waals surface area contributed by atoms with Crippen LogP contribution < -0.4 is 11.3 Å². The molecule has 0 bridgehead atoms. The second-order valence-corrected chi connectivity index (χ2v) is 3.88. The zero-order chi connectivity index (χ0) is 12.3. The average molecular weight is 231 g/mol. The first-order valence-corrected chi connectivity index (χ1v) is 5.67. The highest BCUT2D eigenvalue weighted by Gasteiger charge is 2.17. The molecule has 0 aliphatic rings. The van der Waals surface area contributed by atoms with E-state index in [0.717, 1.165) is 23.6 Å². The van der Waals surface area contributed by atoms with Crippen molar-refractivity contribution in [3.63, 3.8) is 0 Å². The minimum atomic E-state index is -0.127. The van der Waals surface area contributed by atoms with Gasteiger partial charge in [-0.3, -0.25) is 15.5 Å². The Morgan fingerprint density at radius 3 is 2.88 bits per heavy atom. The Labute approximate surface area is 101 Å². The van der Waals surface area contributed by atoms with Gasteiger partial charge in [-0.1, -0.05) is 6.07 Å². The molecule has 0 saturated heterocycles. The molecule has 2 rings (SSSR count). The molecule has 2 aromatic rings. The molecule has 0 aliphatic heterocycles. The lowest BCUT2D eigenvalue weighted by molar-refractivity contribution is 0.535. The molecular weight excluding hydrogens is 214 g/mol. The number of nitrogens with zero attached hydrogens (tertiary/aromatic N) is 3. The minimum Gasteiger partial charge on any atom is -0.270 e. The van der Waals surface area contributed by atoms with E-state index in [1.807, 2.05) is 42.8 Å². The molecule has 1 unspecified atom stereocenters. The number of hydrogen-bond donors (Lipinski definition) is 2. The van der Waals surface area contributed by atoms with Crippen molar-refractivity contribution < 1.29 is 0 Å². The Balaban J connectivity index is 2.40. The number of aryl methyl sites for hydroxylation is 2. The summed E-state index contributed by atoms with van der Waals surface area (Å²) in [5.41, 5.74) is 5.70. The molecule has 1 atom stereocenters. The number of nitrogens with one attached hydrogen (secondary N) is 1. The van der Waals surface area contributed by atoms with Gasteiger partial charge in [0, 0.05) is 18.4 Å². The van der Waals surface area contributed by atoms with Gasteiger partial charge < -0.3 is 0 Å². The minimum absolute atomic E-state index is 0.127. The smallest absolute Gasteiger partial charge is 0.105 e. The Morgan fingerprint density at radius 1 is 1.41 bits per heavy atom. The summed E-state index contributed by atoms with van der Waals surface area (Å²) >= 11 is 0. The molecule has 0 saturated carbocycles. The van der Waals surface area contributed by atoms with Crippen LogP contribution in [0.5, 0.6) is 0 Å². The van der Waals surface area contributed by atoms with Crippen LogP contribution in [0.3, 0.4) is 0 Å². The monoisotopic (exact) mass is 231 g/mol. The number of hydrogen-bond acceptors (Lipinski definition) is 4. The van der Waals surface area contributed by atoms with Crippen LogP contribution in [0.1, 0.15) is 30.0 Å². The molecule has 2 heterocycles. The zero-order valence-corrected chi connectivity index (χ0v) is 10.1. The third-order valence-electron chi connectivity index (χ3n) is 2.72. The van der Waals surface area contributed by atoms with Crippen LogP contribution in [0, 0.1) is 6.92 Å². The highest BCUT2D eigenvalue weighted by Crippen LogP contribution is 2.19. The predicted molar refractivity (Wildman–Crippen MR) is 66.0 cm³/mol. The second-order valence-electron chi connectivity index (χ2n) is 3.88. The maximum atomic E-state index is 5.64. The van der Waals surface area contributed by atoms with Crippen LogP contribution in [0.4, 0.5) is 0 Å². The lowest BCUT2D eigenvalue weighted by Crippen LogP contribution is -2.31. The van der Waals surface area contributed by atoms with E-state index in [4.69, 9.17) is 5.84 Å². The fraction of sp³-hybridized carbons (Fsp3) is 0.333. The maximum Gasteiger partial charge on any atom is 0.105 e. The Hall–Kier alpha value is -1.72. The van der Waals surface area contributed by atoms with Gasteiger partial charge in [0.1, 0.15) is 6.04 Å². The Bertz CT molecular complexity index is 491. The van der Waals surface area contributed by atoms with Crippen LogP contribution in [0.15, 0.2) is 30.5 Å². The van der Waals surface area contributed by atoms with E-state index in [0.29, 0.717) is 0 Å².